The molecule has 0 saturated carbocycles. The van der Waals surface area contributed by atoms with Crippen LogP contribution in [0.3, 0.4) is 0 Å². The van der Waals surface area contributed by atoms with Gasteiger partial charge in [-0.1, -0.05) is 20.4 Å². The molecule has 104 valence electrons. The predicted octanol–water partition coefficient (Wildman–Crippen LogP) is 3.27. The molecule has 0 aliphatic heterocycles. The molecule has 0 amide bonds. The number of aromatic nitrogens is 2. The number of rotatable bonds is 4. The lowest BCUT2D eigenvalue weighted by Crippen LogP contribution is -2.20. The smallest absolute Gasteiger partial charge is 0.383 e. The molecule has 1 aromatic heterocycles. The van der Waals surface area contributed by atoms with Gasteiger partial charge < -0.3 is 5.32 Å². The van der Waals surface area contributed by atoms with E-state index in [1.54, 1.807) is 17.8 Å². The summed E-state index contributed by atoms with van der Waals surface area (Å²) in [6.07, 6.45) is -5.02. The van der Waals surface area contributed by atoms with E-state index in [9.17, 15) is 13.2 Å². The summed E-state index contributed by atoms with van der Waals surface area (Å²) in [4.78, 5) is 0. The van der Waals surface area contributed by atoms with Crippen molar-refractivity contribution in [1.29, 1.82) is 0 Å². The van der Waals surface area contributed by atoms with E-state index >= 15 is 0 Å². The highest BCUT2D eigenvalue weighted by Gasteiger charge is 2.26. The summed E-state index contributed by atoms with van der Waals surface area (Å²) in [7, 11) is 1.77. The summed E-state index contributed by atoms with van der Waals surface area (Å²) in [5, 5.41) is 6.70. The summed E-state index contributed by atoms with van der Waals surface area (Å²) < 4.78 is 37.3. The second-order valence-electron chi connectivity index (χ2n) is 3.57. The minimum Gasteiger partial charge on any atom is -0.383 e. The summed E-state index contributed by atoms with van der Waals surface area (Å²) in [5.41, 5.74) is 1.91. The van der Waals surface area contributed by atoms with E-state index in [1.165, 1.54) is 0 Å². The van der Waals surface area contributed by atoms with Crippen molar-refractivity contribution in [1.82, 2.24) is 15.1 Å². The Morgan fingerprint density at radius 2 is 2.00 bits per heavy atom. The number of nitrogens with zero attached hydrogens (tertiary/aromatic N) is 2. The molecule has 0 aromatic carbocycles. The van der Waals surface area contributed by atoms with Crippen LogP contribution in [0, 0.1) is 6.92 Å². The lowest BCUT2D eigenvalue weighted by molar-refractivity contribution is -0.132. The minimum absolute atomic E-state index is 0.183. The van der Waals surface area contributed by atoms with Gasteiger partial charge in [0.1, 0.15) is 5.69 Å². The Labute approximate surface area is 106 Å². The molecule has 0 atom stereocenters. The van der Waals surface area contributed by atoms with Crippen molar-refractivity contribution in [3.63, 3.8) is 0 Å². The Morgan fingerprint density at radius 3 is 2.39 bits per heavy atom. The fraction of sp³-hybridized carbons (Fsp3) is 0.583. The van der Waals surface area contributed by atoms with E-state index in [-0.39, 0.29) is 6.54 Å². The first kappa shape index (κ1) is 16.5. The molecule has 0 aliphatic rings. The standard InChI is InChI=1S/C10H14F3N3.C2H6/c1-7-6-9(15-16(7)3)8(2)14-5-4-10(11,12)13;1-2/h6,14H,2,4-5H2,1,3H3;1-2H3. The van der Waals surface area contributed by atoms with Gasteiger partial charge in [-0.2, -0.15) is 18.3 Å². The first-order chi connectivity index (χ1) is 8.29. The van der Waals surface area contributed by atoms with Gasteiger partial charge in [0.15, 0.2) is 0 Å². The molecule has 3 nitrogen and oxygen atoms in total. The fourth-order valence-corrected chi connectivity index (χ4v) is 1.15. The Balaban J connectivity index is 0.00000137. The highest BCUT2D eigenvalue weighted by Crippen LogP contribution is 2.19. The third kappa shape index (κ3) is 5.75. The molecule has 0 fully saturated rings. The van der Waals surface area contributed by atoms with Crippen molar-refractivity contribution in [2.24, 2.45) is 7.05 Å². The summed E-state index contributed by atoms with van der Waals surface area (Å²) in [6, 6.07) is 1.77. The van der Waals surface area contributed by atoms with Gasteiger partial charge in [0.25, 0.3) is 0 Å². The van der Waals surface area contributed by atoms with E-state index in [0.29, 0.717) is 11.4 Å². The average molecular weight is 263 g/mol. The van der Waals surface area contributed by atoms with Crippen LogP contribution in [0.25, 0.3) is 5.70 Å². The van der Waals surface area contributed by atoms with Crippen molar-refractivity contribution in [3.8, 4) is 0 Å². The summed E-state index contributed by atoms with van der Waals surface area (Å²) >= 11 is 0. The molecule has 0 bridgehead atoms. The molecule has 1 heterocycles. The summed E-state index contributed by atoms with van der Waals surface area (Å²) in [5.74, 6) is 0. The largest absolute Gasteiger partial charge is 0.390 e. The molecule has 0 spiro atoms. The van der Waals surface area contributed by atoms with Gasteiger partial charge in [-0.3, -0.25) is 4.68 Å². The monoisotopic (exact) mass is 263 g/mol. The number of hydrogen-bond donors (Lipinski definition) is 1. The van der Waals surface area contributed by atoms with Crippen molar-refractivity contribution in [2.75, 3.05) is 6.54 Å². The van der Waals surface area contributed by atoms with Gasteiger partial charge in [-0.05, 0) is 13.0 Å². The second-order valence-corrected chi connectivity index (χ2v) is 3.57. The Bertz CT molecular complexity index is 361. The molecular weight excluding hydrogens is 243 g/mol. The highest BCUT2D eigenvalue weighted by molar-refractivity contribution is 5.58. The number of halogens is 3. The van der Waals surface area contributed by atoms with Crippen LogP contribution >= 0.6 is 0 Å². The first-order valence-electron chi connectivity index (χ1n) is 5.80. The van der Waals surface area contributed by atoms with Gasteiger partial charge in [-0.15, -0.1) is 0 Å². The van der Waals surface area contributed by atoms with Gasteiger partial charge in [0.2, 0.25) is 0 Å². The maximum atomic E-state index is 11.9. The molecular formula is C12H20F3N3. The Hall–Kier alpha value is -1.46. The molecule has 1 aromatic rings. The van der Waals surface area contributed by atoms with Crippen LogP contribution < -0.4 is 5.32 Å². The second kappa shape index (κ2) is 7.08. The molecule has 0 radical (unpaired) electrons. The van der Waals surface area contributed by atoms with E-state index in [1.807, 2.05) is 20.8 Å². The molecule has 1 N–H and O–H groups in total. The van der Waals surface area contributed by atoms with Crippen LogP contribution in [-0.2, 0) is 7.05 Å². The first-order valence-corrected chi connectivity index (χ1v) is 5.80. The average Bonchev–Trinajstić information content (AvgIpc) is 2.60. The zero-order valence-electron chi connectivity index (χ0n) is 11.2. The number of hydrogen-bond acceptors (Lipinski definition) is 2. The van der Waals surface area contributed by atoms with E-state index in [2.05, 4.69) is 17.0 Å². The van der Waals surface area contributed by atoms with Crippen LogP contribution in [0.15, 0.2) is 12.6 Å². The molecule has 1 rings (SSSR count). The maximum absolute atomic E-state index is 11.9. The van der Waals surface area contributed by atoms with Crippen LogP contribution in [0.1, 0.15) is 31.7 Å². The third-order valence-electron chi connectivity index (χ3n) is 2.17. The van der Waals surface area contributed by atoms with E-state index in [4.69, 9.17) is 0 Å². The van der Waals surface area contributed by atoms with Crippen LogP contribution in [-0.4, -0.2) is 22.5 Å². The Morgan fingerprint density at radius 1 is 1.44 bits per heavy atom. The quantitative estimate of drug-likeness (QED) is 0.903. The van der Waals surface area contributed by atoms with Gasteiger partial charge in [-0.25, -0.2) is 0 Å². The molecule has 0 saturated heterocycles. The third-order valence-corrected chi connectivity index (χ3v) is 2.17. The molecule has 0 unspecified atom stereocenters. The van der Waals surface area contributed by atoms with Gasteiger partial charge in [0, 0.05) is 19.3 Å². The van der Waals surface area contributed by atoms with E-state index < -0.39 is 12.6 Å². The number of alkyl halides is 3. The highest BCUT2D eigenvalue weighted by atomic mass is 19.4. The van der Waals surface area contributed by atoms with Gasteiger partial charge in [0.05, 0.1) is 12.1 Å². The van der Waals surface area contributed by atoms with Crippen LogP contribution in [0.4, 0.5) is 13.2 Å². The van der Waals surface area contributed by atoms with Crippen molar-refractivity contribution >= 4 is 5.70 Å². The number of aryl methyl sites for hydroxylation is 2. The van der Waals surface area contributed by atoms with Gasteiger partial charge >= 0.3 is 6.18 Å². The molecule has 6 heteroatoms. The zero-order chi connectivity index (χ0) is 14.3. The number of nitrogens with one attached hydrogen (secondary N) is 1. The van der Waals surface area contributed by atoms with E-state index in [0.717, 1.165) is 5.69 Å². The normalized spacial score (nSPS) is 10.6. The van der Waals surface area contributed by atoms with Crippen LogP contribution in [0.2, 0.25) is 0 Å². The maximum Gasteiger partial charge on any atom is 0.390 e. The molecule has 18 heavy (non-hydrogen) atoms. The topological polar surface area (TPSA) is 29.9 Å². The lowest BCUT2D eigenvalue weighted by atomic mass is 10.3. The SMILES string of the molecule is C=C(NCCC(F)(F)F)c1cc(C)n(C)n1.CC. The fourth-order valence-electron chi connectivity index (χ4n) is 1.15. The lowest BCUT2D eigenvalue weighted by Gasteiger charge is -2.09. The van der Waals surface area contributed by atoms with Crippen molar-refractivity contribution in [3.05, 3.63) is 24.0 Å². The van der Waals surface area contributed by atoms with Crippen LogP contribution in [0.5, 0.6) is 0 Å². The summed E-state index contributed by atoms with van der Waals surface area (Å²) in [6.45, 7) is 9.32. The molecule has 0 aliphatic carbocycles. The zero-order valence-corrected chi connectivity index (χ0v) is 11.2. The Kier molecular flexibility index (Phi) is 6.51. The van der Waals surface area contributed by atoms with Crippen molar-refractivity contribution < 1.29 is 13.2 Å². The predicted molar refractivity (Wildman–Crippen MR) is 67.0 cm³/mol. The van der Waals surface area contributed by atoms with Crippen molar-refractivity contribution in [2.45, 2.75) is 33.4 Å². The minimum atomic E-state index is -4.15.